The van der Waals surface area contributed by atoms with Crippen LogP contribution in [0.1, 0.15) is 22.0 Å². The number of methoxy groups -OCH3 is 3. The molecule has 0 aliphatic carbocycles. The summed E-state index contributed by atoms with van der Waals surface area (Å²) in [5.74, 6) is 0.523. The van der Waals surface area contributed by atoms with Crippen LogP contribution < -0.4 is 19.5 Å². The fraction of sp³-hybridized carbons (Fsp3) is 0.278. The van der Waals surface area contributed by atoms with Gasteiger partial charge in [0.15, 0.2) is 11.5 Å². The van der Waals surface area contributed by atoms with Crippen LogP contribution in [0, 0.1) is 10.1 Å². The number of nitrogens with zero attached hydrogens (tertiary/aromatic N) is 1. The van der Waals surface area contributed by atoms with Gasteiger partial charge in [0, 0.05) is 18.7 Å². The average molecular weight is 411 g/mol. The maximum atomic E-state index is 12.3. The lowest BCUT2D eigenvalue weighted by atomic mass is 10.1. The van der Waals surface area contributed by atoms with Gasteiger partial charge in [-0.2, -0.15) is 0 Å². The summed E-state index contributed by atoms with van der Waals surface area (Å²) in [4.78, 5) is 22.4. The van der Waals surface area contributed by atoms with Gasteiger partial charge in [0.05, 0.1) is 42.9 Å². The smallest absolute Gasteiger partial charge is 0.270 e. The minimum atomic E-state index is -1.07. The summed E-state index contributed by atoms with van der Waals surface area (Å²) in [6.07, 6.45) is -1.07. The molecule has 150 valence electrons. The van der Waals surface area contributed by atoms with E-state index in [1.54, 1.807) is 12.1 Å². The Morgan fingerprint density at radius 1 is 1.18 bits per heavy atom. The molecule has 1 unspecified atom stereocenters. The molecule has 10 heteroatoms. The van der Waals surface area contributed by atoms with Crippen LogP contribution in [0.15, 0.2) is 30.3 Å². The van der Waals surface area contributed by atoms with E-state index in [-0.39, 0.29) is 22.8 Å². The molecule has 0 aliphatic rings. The Kier molecular flexibility index (Phi) is 7.02. The predicted octanol–water partition coefficient (Wildman–Crippen LogP) is 2.74. The Morgan fingerprint density at radius 2 is 1.79 bits per heavy atom. The van der Waals surface area contributed by atoms with E-state index in [4.69, 9.17) is 25.8 Å². The van der Waals surface area contributed by atoms with Crippen LogP contribution >= 0.6 is 11.6 Å². The number of ether oxygens (including phenoxy) is 3. The van der Waals surface area contributed by atoms with E-state index in [2.05, 4.69) is 5.32 Å². The van der Waals surface area contributed by atoms with E-state index in [0.717, 1.165) is 6.07 Å². The highest BCUT2D eigenvalue weighted by Gasteiger charge is 2.19. The van der Waals surface area contributed by atoms with Crippen molar-refractivity contribution in [1.29, 1.82) is 0 Å². The highest BCUT2D eigenvalue weighted by molar-refractivity contribution is 6.34. The number of halogens is 1. The first-order chi connectivity index (χ1) is 13.3. The van der Waals surface area contributed by atoms with Crippen molar-refractivity contribution in [1.82, 2.24) is 5.32 Å². The van der Waals surface area contributed by atoms with Gasteiger partial charge in [-0.3, -0.25) is 14.9 Å². The molecule has 0 saturated carbocycles. The number of carbonyl (C=O) groups excluding carboxylic acids is 1. The molecular formula is C18H19ClN2O7. The number of non-ortho nitro benzene ring substituents is 1. The zero-order valence-corrected chi connectivity index (χ0v) is 16.1. The van der Waals surface area contributed by atoms with Crippen LogP contribution in [0.4, 0.5) is 5.69 Å². The zero-order chi connectivity index (χ0) is 20.8. The monoisotopic (exact) mass is 410 g/mol. The van der Waals surface area contributed by atoms with Crippen LogP contribution in [0.2, 0.25) is 5.02 Å². The van der Waals surface area contributed by atoms with E-state index in [9.17, 15) is 20.0 Å². The van der Waals surface area contributed by atoms with Crippen LogP contribution in [0.5, 0.6) is 17.2 Å². The normalized spacial score (nSPS) is 11.5. The molecule has 9 nitrogen and oxygen atoms in total. The number of aliphatic hydroxyl groups excluding tert-OH is 1. The maximum absolute atomic E-state index is 12.3. The number of hydrogen-bond donors (Lipinski definition) is 2. The second-order valence-corrected chi connectivity index (χ2v) is 6.01. The fourth-order valence-corrected chi connectivity index (χ4v) is 2.76. The van der Waals surface area contributed by atoms with Gasteiger partial charge in [0.1, 0.15) is 0 Å². The summed E-state index contributed by atoms with van der Waals surface area (Å²) in [6, 6.07) is 6.65. The number of nitrogens with one attached hydrogen (secondary N) is 1. The standard InChI is InChI=1S/C18H19ClN2O7/c1-26-15-6-10(7-16(27-2)17(15)28-3)14(22)9-20-18(23)12-5-4-11(21(24)25)8-13(12)19/h4-8,14,22H,9H2,1-3H3,(H,20,23). The van der Waals surface area contributed by atoms with E-state index >= 15 is 0 Å². The number of carbonyl (C=O) groups is 1. The van der Waals surface area contributed by atoms with Crippen molar-refractivity contribution in [3.05, 3.63) is 56.6 Å². The van der Waals surface area contributed by atoms with Crippen molar-refractivity contribution in [2.45, 2.75) is 6.10 Å². The number of nitro benzene ring substituents is 1. The van der Waals surface area contributed by atoms with Crippen LogP contribution in [-0.2, 0) is 0 Å². The lowest BCUT2D eigenvalue weighted by molar-refractivity contribution is -0.384. The van der Waals surface area contributed by atoms with Crippen molar-refractivity contribution in [3.8, 4) is 17.2 Å². The number of hydrogen-bond acceptors (Lipinski definition) is 7. The van der Waals surface area contributed by atoms with Crippen molar-refractivity contribution in [2.75, 3.05) is 27.9 Å². The van der Waals surface area contributed by atoms with Gasteiger partial charge in [-0.05, 0) is 23.8 Å². The molecule has 0 spiro atoms. The largest absolute Gasteiger partial charge is 0.493 e. The van der Waals surface area contributed by atoms with E-state index in [0.29, 0.717) is 22.8 Å². The third-order valence-electron chi connectivity index (χ3n) is 3.94. The van der Waals surface area contributed by atoms with Gasteiger partial charge >= 0.3 is 0 Å². The number of rotatable bonds is 8. The minimum absolute atomic E-state index is 0.0596. The molecule has 0 heterocycles. The number of nitro groups is 1. The molecule has 0 aromatic heterocycles. The summed E-state index contributed by atoms with van der Waals surface area (Å²) in [5, 5.41) is 23.6. The topological polar surface area (TPSA) is 120 Å². The quantitative estimate of drug-likeness (QED) is 0.507. The van der Waals surface area contributed by atoms with E-state index in [1.165, 1.54) is 33.5 Å². The van der Waals surface area contributed by atoms with E-state index in [1.807, 2.05) is 0 Å². The molecule has 2 N–H and O–H groups in total. The van der Waals surface area contributed by atoms with Gasteiger partial charge < -0.3 is 24.6 Å². The van der Waals surface area contributed by atoms with Gasteiger partial charge in [-0.1, -0.05) is 11.6 Å². The molecule has 1 amide bonds. The van der Waals surface area contributed by atoms with Crippen LogP contribution in [0.3, 0.4) is 0 Å². The Labute approximate surface area is 165 Å². The summed E-state index contributed by atoms with van der Waals surface area (Å²) >= 11 is 5.94. The molecule has 2 aromatic carbocycles. The molecule has 0 radical (unpaired) electrons. The molecule has 0 fully saturated rings. The van der Waals surface area contributed by atoms with Gasteiger partial charge in [-0.15, -0.1) is 0 Å². The van der Waals surface area contributed by atoms with Crippen molar-refractivity contribution < 1.29 is 29.0 Å². The van der Waals surface area contributed by atoms with Crippen LogP contribution in [0.25, 0.3) is 0 Å². The lowest BCUT2D eigenvalue weighted by Crippen LogP contribution is -2.28. The van der Waals surface area contributed by atoms with Crippen molar-refractivity contribution in [3.63, 3.8) is 0 Å². The zero-order valence-electron chi connectivity index (χ0n) is 15.4. The molecule has 0 saturated heterocycles. The summed E-state index contributed by atoms with van der Waals surface area (Å²) < 4.78 is 15.7. The first kappa shape index (κ1) is 21.3. The van der Waals surface area contributed by atoms with E-state index < -0.39 is 16.9 Å². The van der Waals surface area contributed by atoms with Crippen molar-refractivity contribution >= 4 is 23.2 Å². The molecule has 1 atom stereocenters. The minimum Gasteiger partial charge on any atom is -0.493 e. The molecule has 0 aliphatic heterocycles. The highest BCUT2D eigenvalue weighted by atomic mass is 35.5. The summed E-state index contributed by atoms with van der Waals surface area (Å²) in [7, 11) is 4.36. The van der Waals surface area contributed by atoms with Gasteiger partial charge in [-0.25, -0.2) is 0 Å². The highest BCUT2D eigenvalue weighted by Crippen LogP contribution is 2.39. The second kappa shape index (κ2) is 9.25. The Morgan fingerprint density at radius 3 is 2.25 bits per heavy atom. The molecule has 0 bridgehead atoms. The van der Waals surface area contributed by atoms with Crippen molar-refractivity contribution in [2.24, 2.45) is 0 Å². The summed E-state index contributed by atoms with van der Waals surface area (Å²) in [5.41, 5.74) is 0.271. The Balaban J connectivity index is 2.14. The van der Waals surface area contributed by atoms with Gasteiger partial charge in [0.25, 0.3) is 11.6 Å². The first-order valence-electron chi connectivity index (χ1n) is 8.02. The SMILES string of the molecule is COc1cc(C(O)CNC(=O)c2ccc([N+](=O)[O-])cc2Cl)cc(OC)c1OC. The molecule has 28 heavy (non-hydrogen) atoms. The Bertz CT molecular complexity index is 863. The summed E-state index contributed by atoms with van der Waals surface area (Å²) in [6.45, 7) is -0.134. The third-order valence-corrected chi connectivity index (χ3v) is 4.25. The Hall–Kier alpha value is -3.04. The molecule has 2 rings (SSSR count). The molecular weight excluding hydrogens is 392 g/mol. The van der Waals surface area contributed by atoms with Gasteiger partial charge in [0.2, 0.25) is 5.75 Å². The maximum Gasteiger partial charge on any atom is 0.270 e. The first-order valence-corrected chi connectivity index (χ1v) is 8.40. The number of amides is 1. The number of benzene rings is 2. The van der Waals surface area contributed by atoms with Crippen LogP contribution in [-0.4, -0.2) is 43.8 Å². The predicted molar refractivity (Wildman–Crippen MR) is 101 cm³/mol. The second-order valence-electron chi connectivity index (χ2n) is 5.61. The third kappa shape index (κ3) is 4.62. The lowest BCUT2D eigenvalue weighted by Gasteiger charge is -2.17. The average Bonchev–Trinajstić information content (AvgIpc) is 2.70. The molecule has 2 aromatic rings. The fourth-order valence-electron chi connectivity index (χ4n) is 2.50. The number of aliphatic hydroxyl groups is 1.